The summed E-state index contributed by atoms with van der Waals surface area (Å²) in [6.07, 6.45) is 6.74. The molecular formula is C24H26N4O3S. The third-order valence-electron chi connectivity index (χ3n) is 6.84. The van der Waals surface area contributed by atoms with E-state index in [-0.39, 0.29) is 12.1 Å². The molecule has 1 aromatic heterocycles. The van der Waals surface area contributed by atoms with Crippen LogP contribution in [0.3, 0.4) is 0 Å². The van der Waals surface area contributed by atoms with Gasteiger partial charge in [-0.15, -0.1) is 0 Å². The Kier molecular flexibility index (Phi) is 4.89. The SMILES string of the molecule is O=S(=O)(c1cccc2ccccc12)N1CCN2C[C@H](Oc3cnc(C4CC4)cn3)C[C@H]2C1. The van der Waals surface area contributed by atoms with Gasteiger partial charge in [0.2, 0.25) is 15.9 Å². The van der Waals surface area contributed by atoms with Gasteiger partial charge in [0.15, 0.2) is 0 Å². The van der Waals surface area contributed by atoms with Crippen LogP contribution in [0.1, 0.15) is 30.9 Å². The highest BCUT2D eigenvalue weighted by atomic mass is 32.2. The zero-order chi connectivity index (χ0) is 21.7. The molecule has 0 amide bonds. The molecule has 3 aromatic rings. The highest BCUT2D eigenvalue weighted by molar-refractivity contribution is 7.89. The Morgan fingerprint density at radius 1 is 0.938 bits per heavy atom. The Hall–Kier alpha value is -2.55. The normalized spacial score (nSPS) is 24.5. The topological polar surface area (TPSA) is 75.6 Å². The van der Waals surface area contributed by atoms with Gasteiger partial charge in [0.25, 0.3) is 0 Å². The summed E-state index contributed by atoms with van der Waals surface area (Å²) in [6, 6.07) is 13.3. The van der Waals surface area contributed by atoms with Crippen LogP contribution in [0.4, 0.5) is 0 Å². The Morgan fingerprint density at radius 2 is 1.78 bits per heavy atom. The van der Waals surface area contributed by atoms with E-state index in [1.165, 1.54) is 12.8 Å². The highest BCUT2D eigenvalue weighted by Crippen LogP contribution is 2.38. The van der Waals surface area contributed by atoms with E-state index in [0.717, 1.165) is 29.4 Å². The minimum Gasteiger partial charge on any atom is -0.472 e. The number of aromatic nitrogens is 2. The fraction of sp³-hybridized carbons (Fsp3) is 0.417. The number of benzene rings is 2. The molecule has 3 aliphatic rings. The quantitative estimate of drug-likeness (QED) is 0.595. The third-order valence-corrected chi connectivity index (χ3v) is 8.76. The van der Waals surface area contributed by atoms with Crippen LogP contribution in [0.15, 0.2) is 59.8 Å². The molecule has 0 N–H and O–H groups in total. The predicted molar refractivity (Wildman–Crippen MR) is 121 cm³/mol. The number of ether oxygens (including phenoxy) is 1. The lowest BCUT2D eigenvalue weighted by atomic mass is 10.1. The molecule has 166 valence electrons. The summed E-state index contributed by atoms with van der Waals surface area (Å²) in [5.74, 6) is 1.13. The third kappa shape index (κ3) is 3.66. The first-order chi connectivity index (χ1) is 15.6. The van der Waals surface area contributed by atoms with Gasteiger partial charge < -0.3 is 4.74 Å². The van der Waals surface area contributed by atoms with Gasteiger partial charge in [0.1, 0.15) is 6.10 Å². The van der Waals surface area contributed by atoms with Crippen LogP contribution in [0, 0.1) is 0 Å². The van der Waals surface area contributed by atoms with Gasteiger partial charge in [-0.25, -0.2) is 13.4 Å². The zero-order valence-electron chi connectivity index (χ0n) is 17.8. The van der Waals surface area contributed by atoms with Crippen LogP contribution in [-0.4, -0.2) is 65.9 Å². The lowest BCUT2D eigenvalue weighted by molar-refractivity contribution is 0.151. The van der Waals surface area contributed by atoms with E-state index in [9.17, 15) is 8.42 Å². The average Bonchev–Trinajstić information content (AvgIpc) is 3.58. The number of fused-ring (bicyclic) bond motifs is 2. The van der Waals surface area contributed by atoms with Crippen molar-refractivity contribution >= 4 is 20.8 Å². The van der Waals surface area contributed by atoms with Crippen molar-refractivity contribution in [2.75, 3.05) is 26.2 Å². The summed E-state index contributed by atoms with van der Waals surface area (Å²) in [6.45, 7) is 2.47. The molecule has 1 saturated carbocycles. The maximum absolute atomic E-state index is 13.5. The minimum absolute atomic E-state index is 0.00119. The van der Waals surface area contributed by atoms with Crippen LogP contribution in [0.25, 0.3) is 10.8 Å². The Balaban J connectivity index is 1.16. The van der Waals surface area contributed by atoms with Crippen LogP contribution in [-0.2, 0) is 10.0 Å². The summed E-state index contributed by atoms with van der Waals surface area (Å²) in [4.78, 5) is 11.7. The molecule has 3 heterocycles. The number of hydrogen-bond acceptors (Lipinski definition) is 6. The number of nitrogens with zero attached hydrogens (tertiary/aromatic N) is 4. The van der Waals surface area contributed by atoms with E-state index >= 15 is 0 Å². The molecule has 3 fully saturated rings. The molecule has 0 bridgehead atoms. The van der Waals surface area contributed by atoms with E-state index in [2.05, 4.69) is 14.9 Å². The molecular weight excluding hydrogens is 424 g/mol. The summed E-state index contributed by atoms with van der Waals surface area (Å²) < 4.78 is 34.8. The van der Waals surface area contributed by atoms with Gasteiger partial charge in [-0.05, 0) is 24.3 Å². The molecule has 2 saturated heterocycles. The lowest BCUT2D eigenvalue weighted by Crippen LogP contribution is -2.51. The second-order valence-corrected chi connectivity index (χ2v) is 10.9. The first kappa shape index (κ1) is 20.1. The van der Waals surface area contributed by atoms with Crippen molar-refractivity contribution in [2.24, 2.45) is 0 Å². The first-order valence-electron chi connectivity index (χ1n) is 11.3. The Labute approximate surface area is 188 Å². The van der Waals surface area contributed by atoms with Crippen LogP contribution >= 0.6 is 0 Å². The van der Waals surface area contributed by atoms with E-state index in [4.69, 9.17) is 4.74 Å². The second kappa shape index (κ2) is 7.79. The molecule has 7 nitrogen and oxygen atoms in total. The summed E-state index contributed by atoms with van der Waals surface area (Å²) in [7, 11) is -3.57. The zero-order valence-corrected chi connectivity index (χ0v) is 18.6. The molecule has 2 aromatic carbocycles. The number of hydrogen-bond donors (Lipinski definition) is 0. The van der Waals surface area contributed by atoms with Crippen LogP contribution < -0.4 is 4.74 Å². The Morgan fingerprint density at radius 3 is 2.59 bits per heavy atom. The van der Waals surface area contributed by atoms with Crippen LogP contribution in [0.5, 0.6) is 5.88 Å². The molecule has 0 unspecified atom stereocenters. The number of sulfonamides is 1. The van der Waals surface area contributed by atoms with E-state index in [1.54, 1.807) is 16.6 Å². The minimum atomic E-state index is -3.57. The molecule has 1 aliphatic carbocycles. The molecule has 0 spiro atoms. The van der Waals surface area contributed by atoms with Crippen molar-refractivity contribution in [3.8, 4) is 5.88 Å². The standard InChI is InChI=1S/C24H26N4O3S/c29-32(30,23-7-3-5-17-4-1-2-6-21(17)23)28-11-10-27-16-20(12-19(27)15-28)31-24-14-25-22(13-26-24)18-8-9-18/h1-7,13-14,18-20H,8-12,15-16H2/t19-,20+/m0/s1. The number of piperazine rings is 1. The summed E-state index contributed by atoms with van der Waals surface area (Å²) in [5, 5.41) is 1.72. The molecule has 2 atom stereocenters. The first-order valence-corrected chi connectivity index (χ1v) is 12.7. The highest BCUT2D eigenvalue weighted by Gasteiger charge is 2.41. The molecule has 32 heavy (non-hydrogen) atoms. The largest absolute Gasteiger partial charge is 0.472 e. The molecule has 6 rings (SSSR count). The van der Waals surface area contributed by atoms with Crippen molar-refractivity contribution in [3.05, 3.63) is 60.6 Å². The average molecular weight is 451 g/mol. The smallest absolute Gasteiger partial charge is 0.243 e. The van der Waals surface area contributed by atoms with Gasteiger partial charge in [-0.3, -0.25) is 9.88 Å². The summed E-state index contributed by atoms with van der Waals surface area (Å²) in [5.41, 5.74) is 1.05. The molecule has 2 aliphatic heterocycles. The maximum Gasteiger partial charge on any atom is 0.243 e. The van der Waals surface area contributed by atoms with Crippen molar-refractivity contribution in [3.63, 3.8) is 0 Å². The van der Waals surface area contributed by atoms with Gasteiger partial charge in [-0.1, -0.05) is 36.4 Å². The lowest BCUT2D eigenvalue weighted by Gasteiger charge is -2.36. The van der Waals surface area contributed by atoms with Crippen molar-refractivity contribution in [1.82, 2.24) is 19.2 Å². The van der Waals surface area contributed by atoms with E-state index in [0.29, 0.717) is 36.3 Å². The van der Waals surface area contributed by atoms with E-state index < -0.39 is 10.0 Å². The van der Waals surface area contributed by atoms with Crippen LogP contribution in [0.2, 0.25) is 0 Å². The fourth-order valence-corrected chi connectivity index (χ4v) is 6.66. The summed E-state index contributed by atoms with van der Waals surface area (Å²) >= 11 is 0. The fourth-order valence-electron chi connectivity index (χ4n) is 4.98. The van der Waals surface area contributed by atoms with Gasteiger partial charge in [0.05, 0.1) is 23.0 Å². The number of rotatable bonds is 5. The molecule has 8 heteroatoms. The Bertz CT molecular complexity index is 1240. The monoisotopic (exact) mass is 450 g/mol. The van der Waals surface area contributed by atoms with Crippen molar-refractivity contribution < 1.29 is 13.2 Å². The van der Waals surface area contributed by atoms with Crippen molar-refractivity contribution in [1.29, 1.82) is 0 Å². The van der Waals surface area contributed by atoms with E-state index in [1.807, 2.05) is 42.6 Å². The van der Waals surface area contributed by atoms with Gasteiger partial charge >= 0.3 is 0 Å². The maximum atomic E-state index is 13.5. The van der Waals surface area contributed by atoms with Crippen molar-refractivity contribution in [2.45, 2.75) is 42.2 Å². The van der Waals surface area contributed by atoms with Gasteiger partial charge in [0, 0.05) is 49.9 Å². The predicted octanol–water partition coefficient (Wildman–Crippen LogP) is 3.03. The van der Waals surface area contributed by atoms with Gasteiger partial charge in [-0.2, -0.15) is 4.31 Å². The second-order valence-electron chi connectivity index (χ2n) is 9.02. The molecule has 0 radical (unpaired) electrons.